The fraction of sp³-hybridized carbons (Fsp3) is 0.714. The van der Waals surface area contributed by atoms with Crippen molar-refractivity contribution >= 4 is 0 Å². The van der Waals surface area contributed by atoms with E-state index in [-0.39, 0.29) is 6.04 Å². The van der Waals surface area contributed by atoms with Crippen molar-refractivity contribution < 1.29 is 0 Å². The summed E-state index contributed by atoms with van der Waals surface area (Å²) < 4.78 is 0. The fourth-order valence-corrected chi connectivity index (χ4v) is 0.449. The minimum atomic E-state index is 0.243. The van der Waals surface area contributed by atoms with Crippen LogP contribution in [-0.4, -0.2) is 6.04 Å². The summed E-state index contributed by atoms with van der Waals surface area (Å²) >= 11 is 0. The number of rotatable bonds is 2. The molecule has 2 unspecified atom stereocenters. The Balaban J connectivity index is 3.64. The van der Waals surface area contributed by atoms with Crippen LogP contribution in [-0.2, 0) is 0 Å². The first kappa shape index (κ1) is 7.70. The molecule has 0 aromatic carbocycles. The molecule has 0 amide bonds. The second kappa shape index (κ2) is 2.88. The third-order valence-corrected chi connectivity index (χ3v) is 1.57. The minimum Gasteiger partial charge on any atom is -0.327 e. The van der Waals surface area contributed by atoms with Gasteiger partial charge in [-0.1, -0.05) is 19.1 Å². The standard InChI is InChI=1S/C7H15N/c1-5(2)6(3)7(4)8/h6-7H,1,8H2,2-4H3. The van der Waals surface area contributed by atoms with Gasteiger partial charge < -0.3 is 5.73 Å². The summed E-state index contributed by atoms with van der Waals surface area (Å²) in [7, 11) is 0. The van der Waals surface area contributed by atoms with Crippen molar-refractivity contribution in [3.05, 3.63) is 12.2 Å². The van der Waals surface area contributed by atoms with Gasteiger partial charge in [-0.05, 0) is 19.8 Å². The van der Waals surface area contributed by atoms with Gasteiger partial charge in [0.1, 0.15) is 0 Å². The molecule has 8 heavy (non-hydrogen) atoms. The molecular weight excluding hydrogens is 98.1 g/mol. The molecule has 1 heteroatoms. The van der Waals surface area contributed by atoms with E-state index in [1.165, 1.54) is 5.57 Å². The zero-order valence-electron chi connectivity index (χ0n) is 5.94. The lowest BCUT2D eigenvalue weighted by Gasteiger charge is -2.14. The number of hydrogen-bond donors (Lipinski definition) is 1. The highest BCUT2D eigenvalue weighted by Crippen LogP contribution is 2.08. The zero-order chi connectivity index (χ0) is 6.73. The van der Waals surface area contributed by atoms with E-state index >= 15 is 0 Å². The average Bonchev–Trinajstić information content (AvgIpc) is 1.64. The monoisotopic (exact) mass is 113 g/mol. The predicted octanol–water partition coefficient (Wildman–Crippen LogP) is 1.55. The number of nitrogens with two attached hydrogens (primary N) is 1. The smallest absolute Gasteiger partial charge is 0.00732 e. The van der Waals surface area contributed by atoms with Crippen molar-refractivity contribution in [2.75, 3.05) is 0 Å². The van der Waals surface area contributed by atoms with Crippen molar-refractivity contribution in [1.29, 1.82) is 0 Å². The van der Waals surface area contributed by atoms with Gasteiger partial charge in [0.25, 0.3) is 0 Å². The van der Waals surface area contributed by atoms with Gasteiger partial charge in [-0.3, -0.25) is 0 Å². The van der Waals surface area contributed by atoms with Crippen molar-refractivity contribution in [2.45, 2.75) is 26.8 Å². The highest BCUT2D eigenvalue weighted by atomic mass is 14.6. The average molecular weight is 113 g/mol. The molecule has 0 radical (unpaired) electrons. The van der Waals surface area contributed by atoms with Crippen LogP contribution in [0.15, 0.2) is 12.2 Å². The summed E-state index contributed by atoms with van der Waals surface area (Å²) in [6, 6.07) is 0.243. The van der Waals surface area contributed by atoms with E-state index in [0.717, 1.165) is 0 Å². The van der Waals surface area contributed by atoms with Crippen LogP contribution in [0.4, 0.5) is 0 Å². The molecule has 0 saturated carbocycles. The first-order valence-electron chi connectivity index (χ1n) is 2.96. The minimum absolute atomic E-state index is 0.243. The highest BCUT2D eigenvalue weighted by molar-refractivity contribution is 4.97. The molecule has 0 saturated heterocycles. The Hall–Kier alpha value is -0.300. The number of hydrogen-bond acceptors (Lipinski definition) is 1. The summed E-state index contributed by atoms with van der Waals surface area (Å²) in [5, 5.41) is 0. The predicted molar refractivity (Wildman–Crippen MR) is 37.6 cm³/mol. The van der Waals surface area contributed by atoms with Gasteiger partial charge in [-0.2, -0.15) is 0 Å². The van der Waals surface area contributed by atoms with E-state index in [1.807, 2.05) is 13.8 Å². The van der Waals surface area contributed by atoms with E-state index in [1.54, 1.807) is 0 Å². The van der Waals surface area contributed by atoms with Crippen LogP contribution in [0.3, 0.4) is 0 Å². The van der Waals surface area contributed by atoms with Crippen LogP contribution in [0.25, 0.3) is 0 Å². The molecule has 2 N–H and O–H groups in total. The molecule has 0 aromatic heterocycles. The lowest BCUT2D eigenvalue weighted by Crippen LogP contribution is -2.24. The second-order valence-corrected chi connectivity index (χ2v) is 2.49. The molecule has 0 heterocycles. The highest BCUT2D eigenvalue weighted by Gasteiger charge is 2.05. The van der Waals surface area contributed by atoms with E-state index in [0.29, 0.717) is 5.92 Å². The fourth-order valence-electron chi connectivity index (χ4n) is 0.449. The Morgan fingerprint density at radius 2 is 1.88 bits per heavy atom. The SMILES string of the molecule is C=C(C)C(C)C(C)N. The van der Waals surface area contributed by atoms with E-state index < -0.39 is 0 Å². The first-order chi connectivity index (χ1) is 3.55. The topological polar surface area (TPSA) is 26.0 Å². The molecular formula is C7H15N. The maximum absolute atomic E-state index is 5.58. The summed E-state index contributed by atoms with van der Waals surface area (Å²) in [5.41, 5.74) is 6.74. The Morgan fingerprint density at radius 1 is 1.50 bits per heavy atom. The van der Waals surface area contributed by atoms with E-state index in [9.17, 15) is 0 Å². The zero-order valence-corrected chi connectivity index (χ0v) is 5.94. The van der Waals surface area contributed by atoms with Crippen molar-refractivity contribution in [1.82, 2.24) is 0 Å². The van der Waals surface area contributed by atoms with Gasteiger partial charge in [-0.25, -0.2) is 0 Å². The Bertz CT molecular complexity index is 84.4. The van der Waals surface area contributed by atoms with Gasteiger partial charge in [0, 0.05) is 6.04 Å². The summed E-state index contributed by atoms with van der Waals surface area (Å²) in [4.78, 5) is 0. The molecule has 48 valence electrons. The molecule has 2 atom stereocenters. The van der Waals surface area contributed by atoms with Crippen LogP contribution in [0.2, 0.25) is 0 Å². The lowest BCUT2D eigenvalue weighted by molar-refractivity contribution is 0.555. The Kier molecular flexibility index (Phi) is 2.77. The molecule has 0 aliphatic heterocycles. The quantitative estimate of drug-likeness (QED) is 0.540. The Morgan fingerprint density at radius 3 is 1.88 bits per heavy atom. The maximum atomic E-state index is 5.58. The van der Waals surface area contributed by atoms with Crippen molar-refractivity contribution in [3.63, 3.8) is 0 Å². The van der Waals surface area contributed by atoms with Gasteiger partial charge in [-0.15, -0.1) is 0 Å². The van der Waals surface area contributed by atoms with E-state index in [2.05, 4.69) is 13.5 Å². The first-order valence-corrected chi connectivity index (χ1v) is 2.96. The third-order valence-electron chi connectivity index (χ3n) is 1.57. The molecule has 0 fully saturated rings. The van der Waals surface area contributed by atoms with E-state index in [4.69, 9.17) is 5.73 Å². The molecule has 0 spiro atoms. The summed E-state index contributed by atoms with van der Waals surface area (Å²) in [5.74, 6) is 0.454. The van der Waals surface area contributed by atoms with Gasteiger partial charge >= 0.3 is 0 Å². The van der Waals surface area contributed by atoms with Crippen LogP contribution >= 0.6 is 0 Å². The maximum Gasteiger partial charge on any atom is 0.00732 e. The lowest BCUT2D eigenvalue weighted by atomic mass is 9.98. The molecule has 0 aromatic rings. The molecule has 1 nitrogen and oxygen atoms in total. The van der Waals surface area contributed by atoms with Gasteiger partial charge in [0.05, 0.1) is 0 Å². The van der Waals surface area contributed by atoms with Crippen LogP contribution < -0.4 is 5.73 Å². The molecule has 0 bridgehead atoms. The van der Waals surface area contributed by atoms with Crippen LogP contribution in [0.1, 0.15) is 20.8 Å². The third kappa shape index (κ3) is 2.12. The second-order valence-electron chi connectivity index (χ2n) is 2.49. The summed E-state index contributed by atoms with van der Waals surface area (Å²) in [6.07, 6.45) is 0. The van der Waals surface area contributed by atoms with Crippen LogP contribution in [0.5, 0.6) is 0 Å². The van der Waals surface area contributed by atoms with Gasteiger partial charge in [0.2, 0.25) is 0 Å². The molecule has 0 rings (SSSR count). The normalized spacial score (nSPS) is 17.5. The largest absolute Gasteiger partial charge is 0.327 e. The van der Waals surface area contributed by atoms with Crippen molar-refractivity contribution in [3.8, 4) is 0 Å². The molecule has 0 aliphatic rings. The van der Waals surface area contributed by atoms with Crippen molar-refractivity contribution in [2.24, 2.45) is 11.7 Å². The molecule has 0 aliphatic carbocycles. The van der Waals surface area contributed by atoms with Crippen LogP contribution in [0, 0.1) is 5.92 Å². The summed E-state index contributed by atoms with van der Waals surface area (Å²) in [6.45, 7) is 9.89. The Labute approximate surface area is 51.6 Å². The van der Waals surface area contributed by atoms with Gasteiger partial charge in [0.15, 0.2) is 0 Å².